The fourth-order valence-electron chi connectivity index (χ4n) is 0.355. The molecular formula is C3HNO3S2. The van der Waals surface area contributed by atoms with E-state index in [9.17, 15) is 13.8 Å². The lowest BCUT2D eigenvalue weighted by atomic mass is 10.7. The van der Waals surface area contributed by atoms with E-state index in [1.165, 1.54) is 0 Å². The first-order chi connectivity index (χ1) is 4.24. The van der Waals surface area contributed by atoms with Crippen molar-refractivity contribution in [3.05, 3.63) is 0 Å². The number of imide groups is 1. The van der Waals surface area contributed by atoms with Crippen LogP contribution in [0.15, 0.2) is 0 Å². The Hall–Kier alpha value is -0.620. The second-order valence-corrected chi connectivity index (χ2v) is 3.03. The number of thioether (sulfide) groups is 1. The molecule has 0 saturated carbocycles. The van der Waals surface area contributed by atoms with Gasteiger partial charge in [-0.15, -0.1) is 0 Å². The highest BCUT2D eigenvalue weighted by Gasteiger charge is 2.26. The molecule has 1 rings (SSSR count). The second-order valence-electron chi connectivity index (χ2n) is 1.21. The Morgan fingerprint density at radius 1 is 1.44 bits per heavy atom. The molecule has 6 heteroatoms. The fraction of sp³-hybridized carbons (Fsp3) is 0. The van der Waals surface area contributed by atoms with Gasteiger partial charge in [0.05, 0.1) is 0 Å². The lowest BCUT2D eigenvalue weighted by Gasteiger charge is -1.77. The van der Waals surface area contributed by atoms with Crippen LogP contribution in [-0.4, -0.2) is 19.6 Å². The molecule has 48 valence electrons. The molecule has 1 heterocycles. The Bertz CT molecular complexity index is 229. The van der Waals surface area contributed by atoms with Crippen LogP contribution in [0.2, 0.25) is 0 Å². The SMILES string of the molecule is O=S=C1SC(=O)NC1=O. The summed E-state index contributed by atoms with van der Waals surface area (Å²) in [5.41, 5.74) is 0. The third kappa shape index (κ3) is 1.19. The third-order valence-corrected chi connectivity index (χ3v) is 2.11. The number of rotatable bonds is 0. The molecule has 9 heavy (non-hydrogen) atoms. The first-order valence-corrected chi connectivity index (χ1v) is 3.50. The smallest absolute Gasteiger partial charge is 0.281 e. The summed E-state index contributed by atoms with van der Waals surface area (Å²) in [5.74, 6) is -0.579. The van der Waals surface area contributed by atoms with E-state index in [1.807, 2.05) is 5.32 Å². The van der Waals surface area contributed by atoms with Crippen molar-refractivity contribution < 1.29 is 13.8 Å². The number of hydrogen-bond acceptors (Lipinski definition) is 4. The van der Waals surface area contributed by atoms with Crippen LogP contribution in [0.25, 0.3) is 0 Å². The van der Waals surface area contributed by atoms with Crippen molar-refractivity contribution in [1.82, 2.24) is 5.32 Å². The molecule has 1 aliphatic heterocycles. The Morgan fingerprint density at radius 3 is 2.33 bits per heavy atom. The van der Waals surface area contributed by atoms with Gasteiger partial charge < -0.3 is 0 Å². The molecule has 0 bridgehead atoms. The Kier molecular flexibility index (Phi) is 1.68. The highest BCUT2D eigenvalue weighted by atomic mass is 32.2. The minimum atomic E-state index is -0.579. The summed E-state index contributed by atoms with van der Waals surface area (Å²) in [6, 6.07) is 0. The monoisotopic (exact) mass is 163 g/mol. The van der Waals surface area contributed by atoms with Crippen molar-refractivity contribution >= 4 is 38.4 Å². The van der Waals surface area contributed by atoms with Gasteiger partial charge >= 0.3 is 0 Å². The van der Waals surface area contributed by atoms with Gasteiger partial charge in [-0.3, -0.25) is 14.9 Å². The summed E-state index contributed by atoms with van der Waals surface area (Å²) in [6.07, 6.45) is 0. The summed E-state index contributed by atoms with van der Waals surface area (Å²) in [5, 5.41) is 1.47. The van der Waals surface area contributed by atoms with Gasteiger partial charge in [0.15, 0.2) is 4.20 Å². The van der Waals surface area contributed by atoms with Gasteiger partial charge in [-0.2, -0.15) is 0 Å². The van der Waals surface area contributed by atoms with Crippen LogP contribution in [-0.2, 0) is 16.1 Å². The normalized spacial score (nSPS) is 18.0. The van der Waals surface area contributed by atoms with Crippen LogP contribution in [0.4, 0.5) is 4.79 Å². The quantitative estimate of drug-likeness (QED) is 0.480. The highest BCUT2D eigenvalue weighted by molar-refractivity contribution is 8.34. The van der Waals surface area contributed by atoms with Crippen molar-refractivity contribution in [2.75, 3.05) is 0 Å². The molecule has 1 saturated heterocycles. The molecule has 4 nitrogen and oxygen atoms in total. The molecule has 0 atom stereocenters. The summed E-state index contributed by atoms with van der Waals surface area (Å²) in [7, 11) is 0. The van der Waals surface area contributed by atoms with E-state index in [2.05, 4.69) is 0 Å². The molecule has 1 N–H and O–H groups in total. The van der Waals surface area contributed by atoms with E-state index in [-0.39, 0.29) is 15.5 Å². The average molecular weight is 163 g/mol. The third-order valence-electron chi connectivity index (χ3n) is 0.662. The summed E-state index contributed by atoms with van der Waals surface area (Å²) >= 11 is 0.682. The standard InChI is InChI=1S/C3HNO3S2/c5-1-2(9-7)8-3(6)4-1/h(H,4,5,6). The Balaban J connectivity index is 2.94. The lowest BCUT2D eigenvalue weighted by Crippen LogP contribution is -2.20. The van der Waals surface area contributed by atoms with E-state index in [1.54, 1.807) is 0 Å². The molecular weight excluding hydrogens is 162 g/mol. The van der Waals surface area contributed by atoms with E-state index in [4.69, 9.17) is 0 Å². The van der Waals surface area contributed by atoms with Gasteiger partial charge in [-0.25, -0.2) is 4.21 Å². The van der Waals surface area contributed by atoms with Crippen LogP contribution in [0, 0.1) is 0 Å². The fourth-order valence-corrected chi connectivity index (χ4v) is 1.30. The number of carbonyl (C=O) groups is 2. The zero-order valence-electron chi connectivity index (χ0n) is 4.04. The predicted octanol–water partition coefficient (Wildman–Crippen LogP) is -0.688. The molecule has 1 aliphatic rings. The maximum absolute atomic E-state index is 10.4. The summed E-state index contributed by atoms with van der Waals surface area (Å²) in [4.78, 5) is 20.7. The van der Waals surface area contributed by atoms with Crippen molar-refractivity contribution in [2.24, 2.45) is 0 Å². The molecule has 0 aromatic carbocycles. The molecule has 0 aromatic heterocycles. The minimum Gasteiger partial charge on any atom is -0.281 e. The molecule has 1 fully saturated rings. The van der Waals surface area contributed by atoms with Crippen LogP contribution in [0.1, 0.15) is 0 Å². The minimum absolute atomic E-state index is 0.0278. The van der Waals surface area contributed by atoms with Crippen LogP contribution >= 0.6 is 11.8 Å². The van der Waals surface area contributed by atoms with Gasteiger partial charge in [0, 0.05) is 0 Å². The molecule has 0 aliphatic carbocycles. The molecule has 0 radical (unpaired) electrons. The number of nitrogens with one attached hydrogen (secondary N) is 1. The molecule has 2 amide bonds. The number of hydrogen-bond donors (Lipinski definition) is 1. The van der Waals surface area contributed by atoms with Gasteiger partial charge in [0.25, 0.3) is 11.1 Å². The maximum atomic E-state index is 10.4. The first kappa shape index (κ1) is 6.50. The average Bonchev–Trinajstić information content (AvgIpc) is 2.10. The first-order valence-electron chi connectivity index (χ1n) is 1.94. The Labute approximate surface area is 58.1 Å². The van der Waals surface area contributed by atoms with E-state index in [0.29, 0.717) is 11.8 Å². The zero-order chi connectivity index (χ0) is 6.85. The largest absolute Gasteiger partial charge is 0.291 e. The summed E-state index contributed by atoms with van der Waals surface area (Å²) < 4.78 is 9.91. The van der Waals surface area contributed by atoms with E-state index in [0.717, 1.165) is 0 Å². The van der Waals surface area contributed by atoms with Crippen LogP contribution in [0.5, 0.6) is 0 Å². The second kappa shape index (κ2) is 2.32. The van der Waals surface area contributed by atoms with Crippen molar-refractivity contribution in [3.8, 4) is 0 Å². The van der Waals surface area contributed by atoms with Gasteiger partial charge in [-0.1, -0.05) is 0 Å². The topological polar surface area (TPSA) is 63.2 Å². The van der Waals surface area contributed by atoms with E-state index >= 15 is 0 Å². The van der Waals surface area contributed by atoms with E-state index < -0.39 is 11.1 Å². The van der Waals surface area contributed by atoms with Gasteiger partial charge in [-0.05, 0) is 11.8 Å². The van der Waals surface area contributed by atoms with Crippen molar-refractivity contribution in [3.63, 3.8) is 0 Å². The Morgan fingerprint density at radius 2 is 2.11 bits per heavy atom. The molecule has 0 spiro atoms. The maximum Gasteiger partial charge on any atom is 0.291 e. The predicted molar refractivity (Wildman–Crippen MR) is 34.3 cm³/mol. The number of carbonyl (C=O) groups excluding carboxylic acids is 2. The van der Waals surface area contributed by atoms with Crippen molar-refractivity contribution in [1.29, 1.82) is 0 Å². The highest BCUT2D eigenvalue weighted by Crippen LogP contribution is 2.09. The lowest BCUT2D eigenvalue weighted by molar-refractivity contribution is -0.113. The zero-order valence-corrected chi connectivity index (χ0v) is 5.67. The summed E-state index contributed by atoms with van der Waals surface area (Å²) in [6.45, 7) is 0. The number of amides is 2. The van der Waals surface area contributed by atoms with Gasteiger partial charge in [0.1, 0.15) is 11.3 Å². The molecule has 0 aromatic rings. The van der Waals surface area contributed by atoms with Crippen molar-refractivity contribution in [2.45, 2.75) is 0 Å². The molecule has 0 unspecified atom stereocenters. The van der Waals surface area contributed by atoms with Gasteiger partial charge in [0.2, 0.25) is 0 Å². The van der Waals surface area contributed by atoms with Crippen LogP contribution < -0.4 is 5.32 Å². The van der Waals surface area contributed by atoms with Crippen LogP contribution in [0.3, 0.4) is 0 Å².